The fourth-order valence-electron chi connectivity index (χ4n) is 3.28. The van der Waals surface area contributed by atoms with Gasteiger partial charge in [-0.1, -0.05) is 41.6 Å². The Kier molecular flexibility index (Phi) is 4.17. The van der Waals surface area contributed by atoms with Gasteiger partial charge in [-0.2, -0.15) is 5.10 Å². The maximum Gasteiger partial charge on any atom is 0.267 e. The molecular weight excluding hydrogens is 386 g/mol. The Bertz CT molecular complexity index is 1400. The Balaban J connectivity index is 1.74. The van der Waals surface area contributed by atoms with Crippen LogP contribution in [0.4, 0.5) is 0 Å². The van der Waals surface area contributed by atoms with Gasteiger partial charge in [0.15, 0.2) is 5.16 Å². The minimum absolute atomic E-state index is 0.116. The quantitative estimate of drug-likeness (QED) is 0.429. The molecule has 0 saturated carbocycles. The Morgan fingerprint density at radius 1 is 1.03 bits per heavy atom. The van der Waals surface area contributed by atoms with Crippen molar-refractivity contribution in [3.8, 4) is 5.69 Å². The molecule has 8 nitrogen and oxygen atoms in total. The fourth-order valence-corrected chi connectivity index (χ4v) is 4.21. The van der Waals surface area contributed by atoms with E-state index in [0.29, 0.717) is 22.1 Å². The monoisotopic (exact) mass is 403 g/mol. The predicted molar refractivity (Wildman–Crippen MR) is 111 cm³/mol. The van der Waals surface area contributed by atoms with Crippen molar-refractivity contribution in [3.05, 3.63) is 76.6 Å². The van der Waals surface area contributed by atoms with Crippen LogP contribution in [0.1, 0.15) is 11.4 Å². The molecule has 0 aliphatic heterocycles. The zero-order valence-electron chi connectivity index (χ0n) is 15.9. The first-order chi connectivity index (χ1) is 14.1. The van der Waals surface area contributed by atoms with Crippen molar-refractivity contribution >= 4 is 28.4 Å². The minimum Gasteiger partial charge on any atom is -0.268 e. The van der Waals surface area contributed by atoms with Gasteiger partial charge >= 0.3 is 0 Å². The van der Waals surface area contributed by atoms with Crippen molar-refractivity contribution in [1.82, 2.24) is 33.9 Å². The van der Waals surface area contributed by atoms with E-state index in [-0.39, 0.29) is 5.56 Å². The highest BCUT2D eigenvalue weighted by Crippen LogP contribution is 2.25. The third-order valence-corrected chi connectivity index (χ3v) is 5.75. The molecule has 144 valence electrons. The second kappa shape index (κ2) is 6.85. The molecule has 0 fully saturated rings. The summed E-state index contributed by atoms with van der Waals surface area (Å²) in [6.45, 7) is 2.01. The third-order valence-electron chi connectivity index (χ3n) is 4.82. The Morgan fingerprint density at radius 2 is 1.83 bits per heavy atom. The first-order valence-corrected chi connectivity index (χ1v) is 10.0. The number of aryl methyl sites for hydroxylation is 2. The van der Waals surface area contributed by atoms with E-state index < -0.39 is 0 Å². The molecule has 0 aliphatic rings. The van der Waals surface area contributed by atoms with E-state index in [1.807, 2.05) is 66.9 Å². The molecule has 3 aromatic heterocycles. The number of rotatable bonds is 4. The van der Waals surface area contributed by atoms with Crippen LogP contribution in [0, 0.1) is 6.92 Å². The molecule has 0 N–H and O–H groups in total. The highest BCUT2D eigenvalue weighted by molar-refractivity contribution is 7.98. The maximum absolute atomic E-state index is 13.3. The minimum atomic E-state index is -0.116. The van der Waals surface area contributed by atoms with Crippen LogP contribution in [0.25, 0.3) is 22.4 Å². The van der Waals surface area contributed by atoms with Gasteiger partial charge in [0.05, 0.1) is 22.3 Å². The number of benzene rings is 2. The normalized spacial score (nSPS) is 11.5. The van der Waals surface area contributed by atoms with Crippen LogP contribution in [0.3, 0.4) is 0 Å². The highest BCUT2D eigenvalue weighted by atomic mass is 32.2. The molecule has 3 heterocycles. The summed E-state index contributed by atoms with van der Waals surface area (Å²) >= 11 is 1.51. The van der Waals surface area contributed by atoms with Gasteiger partial charge < -0.3 is 0 Å². The van der Waals surface area contributed by atoms with Crippen LogP contribution in [-0.2, 0) is 12.8 Å². The van der Waals surface area contributed by atoms with E-state index in [4.69, 9.17) is 0 Å². The van der Waals surface area contributed by atoms with Crippen LogP contribution in [0.2, 0.25) is 0 Å². The summed E-state index contributed by atoms with van der Waals surface area (Å²) in [5.41, 5.74) is 2.55. The topological polar surface area (TPSA) is 82.9 Å². The Labute approximate surface area is 169 Å². The lowest BCUT2D eigenvalue weighted by Gasteiger charge is -2.11. The average molecular weight is 403 g/mol. The van der Waals surface area contributed by atoms with Crippen molar-refractivity contribution in [2.45, 2.75) is 17.8 Å². The van der Waals surface area contributed by atoms with Gasteiger partial charge in [-0.15, -0.1) is 10.2 Å². The number of thioether (sulfide) groups is 1. The molecule has 0 atom stereocenters. The van der Waals surface area contributed by atoms with Crippen molar-refractivity contribution in [2.75, 3.05) is 0 Å². The van der Waals surface area contributed by atoms with Gasteiger partial charge in [0, 0.05) is 7.05 Å². The van der Waals surface area contributed by atoms with E-state index in [0.717, 1.165) is 22.6 Å². The molecule has 0 amide bonds. The number of para-hydroxylation sites is 1. The highest BCUT2D eigenvalue weighted by Gasteiger charge is 2.18. The molecule has 9 heteroatoms. The number of hydrogen-bond donors (Lipinski definition) is 0. The van der Waals surface area contributed by atoms with E-state index in [1.54, 1.807) is 9.25 Å². The van der Waals surface area contributed by atoms with Gasteiger partial charge in [0.2, 0.25) is 5.78 Å². The molecule has 0 spiro atoms. The summed E-state index contributed by atoms with van der Waals surface area (Å²) in [4.78, 5) is 17.5. The van der Waals surface area contributed by atoms with Crippen molar-refractivity contribution in [3.63, 3.8) is 0 Å². The molecule has 0 saturated heterocycles. The zero-order valence-corrected chi connectivity index (χ0v) is 16.7. The fraction of sp³-hybridized carbons (Fsp3) is 0.150. The van der Waals surface area contributed by atoms with E-state index in [2.05, 4.69) is 20.3 Å². The van der Waals surface area contributed by atoms with Crippen molar-refractivity contribution in [2.24, 2.45) is 7.05 Å². The second-order valence-corrected chi connectivity index (χ2v) is 7.64. The molecule has 5 aromatic rings. The van der Waals surface area contributed by atoms with Crippen LogP contribution >= 0.6 is 11.8 Å². The van der Waals surface area contributed by atoms with Crippen LogP contribution in [-0.4, -0.2) is 33.9 Å². The van der Waals surface area contributed by atoms with E-state index in [9.17, 15) is 4.79 Å². The first kappa shape index (κ1) is 17.6. The Hall–Kier alpha value is -3.46. The molecule has 0 bridgehead atoms. The molecule has 5 rings (SSSR count). The van der Waals surface area contributed by atoms with Gasteiger partial charge in [-0.3, -0.25) is 13.9 Å². The van der Waals surface area contributed by atoms with Gasteiger partial charge in [-0.05, 0) is 31.2 Å². The summed E-state index contributed by atoms with van der Waals surface area (Å²) in [6, 6.07) is 15.3. The summed E-state index contributed by atoms with van der Waals surface area (Å²) in [6.07, 6.45) is 1.53. The van der Waals surface area contributed by atoms with Gasteiger partial charge in [-0.25, -0.2) is 9.55 Å². The maximum atomic E-state index is 13.3. The smallest absolute Gasteiger partial charge is 0.267 e. The van der Waals surface area contributed by atoms with Crippen LogP contribution in [0.15, 0.2) is 64.8 Å². The van der Waals surface area contributed by atoms with Gasteiger partial charge in [0.1, 0.15) is 12.2 Å². The van der Waals surface area contributed by atoms with Crippen LogP contribution in [0.5, 0.6) is 0 Å². The number of hydrogen-bond acceptors (Lipinski definition) is 6. The Morgan fingerprint density at radius 3 is 2.59 bits per heavy atom. The van der Waals surface area contributed by atoms with E-state index >= 15 is 0 Å². The summed E-state index contributed by atoms with van der Waals surface area (Å²) < 4.78 is 5.27. The summed E-state index contributed by atoms with van der Waals surface area (Å²) in [7, 11) is 1.86. The lowest BCUT2D eigenvalue weighted by Crippen LogP contribution is -2.21. The molecule has 0 unspecified atom stereocenters. The van der Waals surface area contributed by atoms with Crippen molar-refractivity contribution < 1.29 is 0 Å². The lowest BCUT2D eigenvalue weighted by molar-refractivity contribution is 0.729. The largest absolute Gasteiger partial charge is 0.268 e. The van der Waals surface area contributed by atoms with E-state index in [1.165, 1.54) is 18.1 Å². The molecular formula is C20H17N7OS. The second-order valence-electron chi connectivity index (χ2n) is 6.70. The number of aromatic nitrogens is 7. The number of fused-ring (bicyclic) bond motifs is 3. The standard InChI is InChI=1S/C20H17N7OS/c1-13-7-9-14(10-8-13)26-18(28)15-5-3-4-6-16(15)27-19(26)23-24-20(27)29-11-17-21-12-22-25(17)2/h3-10,12H,11H2,1-2H3. The van der Waals surface area contributed by atoms with Gasteiger partial charge in [0.25, 0.3) is 5.56 Å². The molecule has 0 radical (unpaired) electrons. The van der Waals surface area contributed by atoms with Crippen LogP contribution < -0.4 is 5.56 Å². The zero-order chi connectivity index (χ0) is 20.0. The average Bonchev–Trinajstić information content (AvgIpc) is 3.34. The SMILES string of the molecule is Cc1ccc(-n2c(=O)c3ccccc3n3c(SCc4ncnn4C)nnc23)cc1. The third kappa shape index (κ3) is 2.90. The first-order valence-electron chi connectivity index (χ1n) is 9.05. The molecule has 0 aliphatic carbocycles. The molecule has 29 heavy (non-hydrogen) atoms. The molecule has 2 aromatic carbocycles. The number of nitrogens with zero attached hydrogens (tertiary/aromatic N) is 7. The van der Waals surface area contributed by atoms with Crippen molar-refractivity contribution in [1.29, 1.82) is 0 Å². The lowest BCUT2D eigenvalue weighted by atomic mass is 10.2. The predicted octanol–water partition coefficient (Wildman–Crippen LogP) is 2.76. The summed E-state index contributed by atoms with van der Waals surface area (Å²) in [5, 5.41) is 14.2. The summed E-state index contributed by atoms with van der Waals surface area (Å²) in [5.74, 6) is 1.91.